The van der Waals surface area contributed by atoms with Crippen molar-refractivity contribution in [1.82, 2.24) is 15.0 Å². The van der Waals surface area contributed by atoms with Crippen LogP contribution >= 0.6 is 22.9 Å². The highest BCUT2D eigenvalue weighted by atomic mass is 35.5. The Bertz CT molecular complexity index is 1150. The average Bonchev–Trinajstić information content (AvgIpc) is 3.01. The number of hydrogen-bond acceptors (Lipinski definition) is 5. The number of thiophene rings is 1. The molecule has 1 N–H and O–H groups in total. The summed E-state index contributed by atoms with van der Waals surface area (Å²) in [5, 5.41) is 12.1. The van der Waals surface area contributed by atoms with Crippen molar-refractivity contribution in [1.29, 1.82) is 0 Å². The summed E-state index contributed by atoms with van der Waals surface area (Å²) in [6, 6.07) is 6.86. The van der Waals surface area contributed by atoms with Crippen LogP contribution in [0.15, 0.2) is 29.1 Å². The second-order valence-corrected chi connectivity index (χ2v) is 10.1. The third-order valence-corrected chi connectivity index (χ3v) is 6.94. The van der Waals surface area contributed by atoms with E-state index < -0.39 is 0 Å². The van der Waals surface area contributed by atoms with E-state index in [-0.39, 0.29) is 23.4 Å². The van der Waals surface area contributed by atoms with Crippen molar-refractivity contribution in [3.63, 3.8) is 0 Å². The number of rotatable bonds is 3. The molecule has 4 rings (SSSR count). The van der Waals surface area contributed by atoms with Gasteiger partial charge < -0.3 is 5.32 Å². The van der Waals surface area contributed by atoms with Gasteiger partial charge in [-0.15, -0.1) is 16.4 Å². The van der Waals surface area contributed by atoms with Gasteiger partial charge in [-0.1, -0.05) is 43.7 Å². The number of halogens is 1. The number of nitrogens with one attached hydrogen (secondary N) is 1. The van der Waals surface area contributed by atoms with Crippen LogP contribution in [0.4, 0.5) is 5.69 Å². The first kappa shape index (κ1) is 20.0. The van der Waals surface area contributed by atoms with Gasteiger partial charge in [0.2, 0.25) is 5.91 Å². The number of anilines is 1. The predicted molar refractivity (Wildman–Crippen MR) is 117 cm³/mol. The smallest absolute Gasteiger partial charge is 0.279 e. The number of nitrogens with zero attached hydrogens (tertiary/aromatic N) is 3. The maximum absolute atomic E-state index is 13.0. The molecule has 0 unspecified atom stereocenters. The van der Waals surface area contributed by atoms with Crippen molar-refractivity contribution in [2.75, 3.05) is 5.32 Å². The summed E-state index contributed by atoms with van der Waals surface area (Å²) >= 11 is 7.51. The monoisotopic (exact) mass is 430 g/mol. The molecule has 1 aliphatic rings. The van der Waals surface area contributed by atoms with Crippen LogP contribution in [0.3, 0.4) is 0 Å². The summed E-state index contributed by atoms with van der Waals surface area (Å²) in [5.41, 5.74) is 1.65. The molecule has 3 aromatic rings. The quantitative estimate of drug-likeness (QED) is 0.672. The van der Waals surface area contributed by atoms with E-state index in [1.54, 1.807) is 35.6 Å². The lowest BCUT2D eigenvalue weighted by atomic mass is 9.72. The molecule has 152 valence electrons. The molecule has 29 heavy (non-hydrogen) atoms. The highest BCUT2D eigenvalue weighted by Crippen LogP contribution is 2.41. The minimum atomic E-state index is -0.347. The molecule has 0 bridgehead atoms. The molecular weight excluding hydrogens is 408 g/mol. The molecule has 2 heterocycles. The molecule has 0 aliphatic heterocycles. The number of aromatic nitrogens is 3. The molecule has 2 aromatic heterocycles. The van der Waals surface area contributed by atoms with Gasteiger partial charge in [-0.2, -0.15) is 0 Å². The third-order valence-electron chi connectivity index (χ3n) is 5.57. The van der Waals surface area contributed by atoms with Crippen molar-refractivity contribution in [2.24, 2.45) is 11.3 Å². The molecule has 1 aliphatic carbocycles. The molecule has 0 saturated heterocycles. The van der Waals surface area contributed by atoms with Gasteiger partial charge in [-0.25, -0.2) is 4.68 Å². The molecule has 0 fully saturated rings. The zero-order chi connectivity index (χ0) is 20.8. The van der Waals surface area contributed by atoms with Crippen LogP contribution in [0.25, 0.3) is 10.2 Å². The summed E-state index contributed by atoms with van der Waals surface area (Å²) in [5.74, 6) is 0.238. The SMILES string of the molecule is CC(C)(C)[C@@H]1CCc2c(sc3nnn(CC(=O)Nc4cccc(Cl)c4)c(=O)c23)C1. The Balaban J connectivity index is 1.60. The molecule has 1 amide bonds. The highest BCUT2D eigenvalue weighted by Gasteiger charge is 2.32. The molecule has 1 aromatic carbocycles. The molecule has 0 radical (unpaired) electrons. The van der Waals surface area contributed by atoms with Gasteiger partial charge >= 0.3 is 0 Å². The number of benzene rings is 1. The maximum atomic E-state index is 13.0. The summed E-state index contributed by atoms with van der Waals surface area (Å²) in [7, 11) is 0. The second kappa shape index (κ2) is 7.54. The zero-order valence-electron chi connectivity index (χ0n) is 16.7. The summed E-state index contributed by atoms with van der Waals surface area (Å²) in [6.45, 7) is 6.60. The van der Waals surface area contributed by atoms with Gasteiger partial charge in [0.25, 0.3) is 5.56 Å². The van der Waals surface area contributed by atoms with Crippen LogP contribution in [-0.4, -0.2) is 20.9 Å². The van der Waals surface area contributed by atoms with Crippen molar-refractivity contribution >= 4 is 44.7 Å². The van der Waals surface area contributed by atoms with E-state index in [4.69, 9.17) is 11.6 Å². The van der Waals surface area contributed by atoms with E-state index in [2.05, 4.69) is 36.4 Å². The molecule has 8 heteroatoms. The lowest BCUT2D eigenvalue weighted by molar-refractivity contribution is -0.117. The van der Waals surface area contributed by atoms with Gasteiger partial charge in [-0.3, -0.25) is 9.59 Å². The van der Waals surface area contributed by atoms with Gasteiger partial charge in [0.05, 0.1) is 5.39 Å². The summed E-state index contributed by atoms with van der Waals surface area (Å²) in [4.78, 5) is 27.3. The fourth-order valence-corrected chi connectivity index (χ4v) is 5.30. The van der Waals surface area contributed by atoms with Crippen molar-refractivity contribution in [2.45, 2.75) is 46.6 Å². The van der Waals surface area contributed by atoms with E-state index in [9.17, 15) is 9.59 Å². The van der Waals surface area contributed by atoms with Crippen LogP contribution < -0.4 is 10.9 Å². The Morgan fingerprint density at radius 2 is 2.17 bits per heavy atom. The molecule has 1 atom stereocenters. The lowest BCUT2D eigenvalue weighted by Gasteiger charge is -2.33. The number of fused-ring (bicyclic) bond motifs is 3. The lowest BCUT2D eigenvalue weighted by Crippen LogP contribution is -2.31. The van der Waals surface area contributed by atoms with Crippen molar-refractivity contribution in [3.05, 3.63) is 50.1 Å². The minimum Gasteiger partial charge on any atom is -0.324 e. The first-order valence-electron chi connectivity index (χ1n) is 9.66. The van der Waals surface area contributed by atoms with Gasteiger partial charge in [-0.05, 0) is 54.4 Å². The number of carbonyl (C=O) groups excluding carboxylic acids is 1. The standard InChI is InChI=1S/C21H23ClN4O2S/c1-21(2,3)12-7-8-15-16(9-12)29-19-18(15)20(28)26(25-24-19)11-17(27)23-14-6-4-5-13(22)10-14/h4-6,10,12H,7-9,11H2,1-3H3,(H,23,27)/t12-/m1/s1. The summed E-state index contributed by atoms with van der Waals surface area (Å²) in [6.07, 6.45) is 2.89. The van der Waals surface area contributed by atoms with E-state index >= 15 is 0 Å². The number of aryl methyl sites for hydroxylation is 1. The first-order valence-corrected chi connectivity index (χ1v) is 10.9. The van der Waals surface area contributed by atoms with Crippen LogP contribution in [0, 0.1) is 11.3 Å². The molecular formula is C21H23ClN4O2S. The number of amides is 1. The highest BCUT2D eigenvalue weighted by molar-refractivity contribution is 7.18. The van der Waals surface area contributed by atoms with Crippen LogP contribution in [-0.2, 0) is 24.2 Å². The Morgan fingerprint density at radius 3 is 2.90 bits per heavy atom. The normalized spacial score (nSPS) is 16.6. The zero-order valence-corrected chi connectivity index (χ0v) is 18.2. The van der Waals surface area contributed by atoms with Crippen LogP contribution in [0.5, 0.6) is 0 Å². The van der Waals surface area contributed by atoms with E-state index in [0.29, 0.717) is 26.8 Å². The third kappa shape index (κ3) is 4.07. The van der Waals surface area contributed by atoms with Crippen LogP contribution in [0.2, 0.25) is 5.02 Å². The first-order chi connectivity index (χ1) is 13.7. The van der Waals surface area contributed by atoms with E-state index in [1.807, 2.05) is 0 Å². The second-order valence-electron chi connectivity index (χ2n) is 8.60. The average molecular weight is 431 g/mol. The fourth-order valence-electron chi connectivity index (χ4n) is 3.87. The molecule has 6 nitrogen and oxygen atoms in total. The molecule has 0 spiro atoms. The summed E-state index contributed by atoms with van der Waals surface area (Å²) < 4.78 is 1.14. The van der Waals surface area contributed by atoms with Crippen molar-refractivity contribution in [3.8, 4) is 0 Å². The van der Waals surface area contributed by atoms with Gasteiger partial charge in [0.15, 0.2) is 4.83 Å². The largest absolute Gasteiger partial charge is 0.324 e. The number of hydrogen-bond donors (Lipinski definition) is 1. The van der Waals surface area contributed by atoms with Gasteiger partial charge in [0, 0.05) is 15.6 Å². The van der Waals surface area contributed by atoms with Crippen LogP contribution in [0.1, 0.15) is 37.6 Å². The molecule has 0 saturated carbocycles. The topological polar surface area (TPSA) is 76.9 Å². The van der Waals surface area contributed by atoms with E-state index in [1.165, 1.54) is 4.88 Å². The predicted octanol–water partition coefficient (Wildman–Crippen LogP) is 4.30. The Morgan fingerprint density at radius 1 is 1.38 bits per heavy atom. The number of carbonyl (C=O) groups is 1. The maximum Gasteiger partial charge on any atom is 0.279 e. The fraction of sp³-hybridized carbons (Fsp3) is 0.429. The Hall–Kier alpha value is -2.25. The minimum absolute atomic E-state index is 0.191. The van der Waals surface area contributed by atoms with Gasteiger partial charge in [0.1, 0.15) is 6.54 Å². The Kier molecular flexibility index (Phi) is 5.21. The Labute approximate surface area is 177 Å². The van der Waals surface area contributed by atoms with E-state index in [0.717, 1.165) is 29.5 Å². The van der Waals surface area contributed by atoms with Crippen molar-refractivity contribution < 1.29 is 4.79 Å².